The van der Waals surface area contributed by atoms with Gasteiger partial charge in [-0.25, -0.2) is 4.79 Å². The second-order valence-electron chi connectivity index (χ2n) is 1.02. The van der Waals surface area contributed by atoms with Crippen LogP contribution in [0.2, 0.25) is 0 Å². The molecule has 54 valence electrons. The quantitative estimate of drug-likeness (QED) is 0.303. The highest BCUT2D eigenvalue weighted by molar-refractivity contribution is 5.65. The van der Waals surface area contributed by atoms with Gasteiger partial charge in [-0.05, 0) is 0 Å². The van der Waals surface area contributed by atoms with Crippen LogP contribution in [-0.4, -0.2) is 5.97 Å². The van der Waals surface area contributed by atoms with Crippen LogP contribution in [0, 0.1) is 10.2 Å². The van der Waals surface area contributed by atoms with E-state index in [-0.39, 0.29) is 0 Å². The number of hydrogen-bond acceptors (Lipinski definition) is 6. The van der Waals surface area contributed by atoms with Gasteiger partial charge in [0.2, 0.25) is 0 Å². The number of carbonyl (C=O) groups is 1. The summed E-state index contributed by atoms with van der Waals surface area (Å²) in [5, 5.41) is 0. The molecular weight excluding hydrogens is 155 g/mol. The van der Waals surface area contributed by atoms with Gasteiger partial charge in [-0.2, -0.15) is 18.9 Å². The molecule has 0 bridgehead atoms. The van der Waals surface area contributed by atoms with Gasteiger partial charge in [0.1, 0.15) is 10.2 Å². The Morgan fingerprint density at radius 2 is 1.89 bits per heavy atom. The third kappa shape index (κ3) is 7.60. The lowest BCUT2D eigenvalue weighted by molar-refractivity contribution is -1.93. The van der Waals surface area contributed by atoms with E-state index in [1.54, 1.807) is 0 Å². The molecule has 0 saturated carbocycles. The lowest BCUT2D eigenvalue weighted by Gasteiger charge is -2.07. The van der Waals surface area contributed by atoms with Crippen molar-refractivity contribution in [2.75, 3.05) is 0 Å². The highest BCUT2D eigenvalue weighted by Crippen LogP contribution is 1.88. The molecule has 0 fully saturated rings. The zero-order valence-corrected chi connectivity index (χ0v) is 5.08. The molecule has 0 rings (SSSR count). The topological polar surface area (TPSA) is 105 Å². The number of rotatable bonds is 2. The van der Waals surface area contributed by atoms with Crippen LogP contribution in [0.25, 0.3) is 0 Å². The first-order chi connectivity index (χ1) is 3.92. The van der Waals surface area contributed by atoms with E-state index < -0.39 is 16.2 Å². The van der Waals surface area contributed by atoms with Crippen LogP contribution in [0.5, 0.6) is 0 Å². The molecule has 0 spiro atoms. The van der Waals surface area contributed by atoms with Gasteiger partial charge in [-0.3, -0.25) is 0 Å². The van der Waals surface area contributed by atoms with Crippen molar-refractivity contribution in [3.8, 4) is 0 Å². The van der Waals surface area contributed by atoms with E-state index in [4.69, 9.17) is 0 Å². The summed E-state index contributed by atoms with van der Waals surface area (Å²) in [6, 6.07) is 0. The van der Waals surface area contributed by atoms with E-state index in [0.29, 0.717) is 0 Å². The molecule has 0 heterocycles. The summed E-state index contributed by atoms with van der Waals surface area (Å²) in [5.74, 6) is -1.01. The van der Waals surface area contributed by atoms with Gasteiger partial charge < -0.3 is 0 Å². The van der Waals surface area contributed by atoms with Gasteiger partial charge in [-0.15, -0.1) is 0 Å². The first kappa shape index (κ1) is 8.60. The molecule has 0 N–H and O–H groups in total. The van der Waals surface area contributed by atoms with Crippen molar-refractivity contribution in [3.05, 3.63) is 0 Å². The van der Waals surface area contributed by atoms with Crippen LogP contribution < -0.4 is 14.0 Å². The maximum Gasteiger partial charge on any atom is 0.355 e. The molecule has 0 aromatic carbocycles. The summed E-state index contributed by atoms with van der Waals surface area (Å²) in [4.78, 5) is 13.1. The van der Waals surface area contributed by atoms with Crippen LogP contribution in [-0.2, 0) is 14.1 Å². The van der Waals surface area contributed by atoms with E-state index >= 15 is 0 Å². The minimum absolute atomic E-state index is 0.890. The van der Waals surface area contributed by atoms with Crippen LogP contribution in [0.3, 0.4) is 0 Å². The first-order valence-electron chi connectivity index (χ1n) is 1.69. The molecule has 0 aromatic rings. The van der Waals surface area contributed by atoms with Crippen molar-refractivity contribution in [2.24, 2.45) is 0 Å². The van der Waals surface area contributed by atoms with E-state index in [1.807, 2.05) is 0 Å². The Morgan fingerprint density at radius 3 is 2.00 bits per heavy atom. The summed E-state index contributed by atoms with van der Waals surface area (Å²) >= 11 is 0. The Labute approximate surface area is 52.3 Å². The average Bonchev–Trinajstić information content (AvgIpc) is 1.59. The lowest BCUT2D eigenvalue weighted by atomic mass is 10.9. The predicted molar refractivity (Wildman–Crippen MR) is 12.9 cm³/mol. The molecular formula is C2H3ClO6. The Morgan fingerprint density at radius 1 is 1.44 bits per heavy atom. The third-order valence-corrected chi connectivity index (χ3v) is 0.443. The number of carbonyl (C=O) groups excluding carboxylic acids is 1. The lowest BCUT2D eigenvalue weighted by Crippen LogP contribution is -2.61. The minimum Gasteiger partial charge on any atom is -0.248 e. The molecule has 7 heteroatoms. The van der Waals surface area contributed by atoms with E-state index in [1.165, 1.54) is 0 Å². The highest BCUT2D eigenvalue weighted by atomic mass is 35.7. The fraction of sp³-hybridized carbons (Fsp3) is 0.500. The summed E-state index contributed by atoms with van der Waals surface area (Å²) in [6.45, 7) is 0.890. The zero-order valence-electron chi connectivity index (χ0n) is 4.33. The molecule has 0 unspecified atom stereocenters. The van der Waals surface area contributed by atoms with Gasteiger partial charge in [-0.1, -0.05) is 0 Å². The largest absolute Gasteiger partial charge is 0.355 e. The molecule has 9 heavy (non-hydrogen) atoms. The molecule has 0 aromatic heterocycles. The molecule has 0 radical (unpaired) electrons. The smallest absolute Gasteiger partial charge is 0.248 e. The molecule has 0 aliphatic heterocycles. The van der Waals surface area contributed by atoms with Gasteiger partial charge in [0, 0.05) is 6.92 Å². The fourth-order valence-electron chi connectivity index (χ4n) is 0.0829. The van der Waals surface area contributed by atoms with Gasteiger partial charge in [0.25, 0.3) is 0 Å². The zero-order chi connectivity index (χ0) is 7.49. The molecule has 0 aliphatic carbocycles. The van der Waals surface area contributed by atoms with Gasteiger partial charge >= 0.3 is 10.4 Å². The number of halogens is 1. The molecule has 6 nitrogen and oxygen atoms in total. The van der Waals surface area contributed by atoms with Crippen molar-refractivity contribution in [3.63, 3.8) is 0 Å². The first-order valence-corrected chi connectivity index (χ1v) is 2.93. The van der Waals surface area contributed by atoms with E-state index in [0.717, 1.165) is 6.92 Å². The van der Waals surface area contributed by atoms with Gasteiger partial charge in [0.15, 0.2) is 0 Å². The van der Waals surface area contributed by atoms with E-state index in [9.17, 15) is 18.8 Å². The Balaban J connectivity index is 3.39. The monoisotopic (exact) mass is 158 g/mol. The summed E-state index contributed by atoms with van der Waals surface area (Å²) < 4.78 is 31.4. The van der Waals surface area contributed by atoms with Crippen LogP contribution >= 0.6 is 0 Å². The molecule has 0 saturated heterocycles. The SMILES string of the molecule is CC(=O)OO[Cl+3]([O-])([O-])[O-]. The Kier molecular flexibility index (Phi) is 2.82. The Hall–Kier alpha value is -0.400. The van der Waals surface area contributed by atoms with Crippen LogP contribution in [0.15, 0.2) is 0 Å². The second-order valence-corrected chi connectivity index (χ2v) is 1.90. The van der Waals surface area contributed by atoms with Crippen molar-refractivity contribution in [1.29, 1.82) is 0 Å². The normalized spacial score (nSPS) is 11.1. The van der Waals surface area contributed by atoms with E-state index in [2.05, 4.69) is 9.33 Å². The summed E-state index contributed by atoms with van der Waals surface area (Å²) in [5.41, 5.74) is 0. The van der Waals surface area contributed by atoms with Crippen molar-refractivity contribution < 1.29 is 38.3 Å². The maximum absolute atomic E-state index is 9.74. The van der Waals surface area contributed by atoms with Crippen molar-refractivity contribution in [1.82, 2.24) is 0 Å². The second kappa shape index (κ2) is 2.95. The Bertz CT molecular complexity index is 104. The highest BCUT2D eigenvalue weighted by Gasteiger charge is 2.21. The number of hydrogen-bond donors (Lipinski definition) is 0. The average molecular weight is 158 g/mol. The molecule has 0 atom stereocenters. The van der Waals surface area contributed by atoms with Crippen molar-refractivity contribution >= 4 is 5.97 Å². The minimum atomic E-state index is -4.66. The third-order valence-electron chi connectivity index (χ3n) is 0.226. The predicted octanol–water partition coefficient (Wildman–Crippen LogP) is -3.62. The van der Waals surface area contributed by atoms with Crippen LogP contribution in [0.1, 0.15) is 6.92 Å². The van der Waals surface area contributed by atoms with Crippen LogP contribution in [0.4, 0.5) is 0 Å². The van der Waals surface area contributed by atoms with Crippen molar-refractivity contribution in [2.45, 2.75) is 6.92 Å². The molecule has 0 amide bonds. The van der Waals surface area contributed by atoms with Gasteiger partial charge in [0.05, 0.1) is 0 Å². The molecule has 0 aliphatic rings. The maximum atomic E-state index is 9.74. The summed E-state index contributed by atoms with van der Waals surface area (Å²) in [7, 11) is -4.66. The fourth-order valence-corrected chi connectivity index (χ4v) is 0.249. The summed E-state index contributed by atoms with van der Waals surface area (Å²) in [6.07, 6.45) is 0. The standard InChI is InChI=1S/C2H3ClO6/c1-2(4)8-9-3(5,6)7/h1H3.